The molecule has 0 amide bonds. The number of para-hydroxylation sites is 1. The third-order valence-electron chi connectivity index (χ3n) is 5.72. The number of piperazine rings is 1. The smallest absolute Gasteiger partial charge is 0.243 e. The summed E-state index contributed by atoms with van der Waals surface area (Å²) in [5.74, 6) is 2.00. The largest absolute Gasteiger partial charge is 0.496 e. The van der Waals surface area contributed by atoms with Crippen LogP contribution in [0.5, 0.6) is 5.75 Å². The van der Waals surface area contributed by atoms with Crippen molar-refractivity contribution in [1.29, 1.82) is 0 Å². The lowest BCUT2D eigenvalue weighted by Crippen LogP contribution is -2.49. The molecule has 0 radical (unpaired) electrons. The molecule has 9 heteroatoms. The van der Waals surface area contributed by atoms with Gasteiger partial charge in [-0.3, -0.25) is 0 Å². The first-order valence-corrected chi connectivity index (χ1v) is 12.3. The third-order valence-corrected chi connectivity index (χ3v) is 7.76. The van der Waals surface area contributed by atoms with Gasteiger partial charge in [-0.1, -0.05) is 18.2 Å². The summed E-state index contributed by atoms with van der Waals surface area (Å²) in [6, 6.07) is 15.2. The lowest BCUT2D eigenvalue weighted by Gasteiger charge is -2.34. The molecule has 0 spiro atoms. The zero-order valence-corrected chi connectivity index (χ0v) is 20.2. The molecule has 1 saturated heterocycles. The standard InChI is InChI=1S/C24H29N5O3S/c1-17-15-22(18(2)14-21(17)32-4)33(30,31)29-12-10-28(11-13-29)24-25-19(3)16-23(27-24)26-20-8-6-5-7-9-20/h5-9,14-16H,10-13H2,1-4H3,(H,25,26,27). The van der Waals surface area contributed by atoms with Gasteiger partial charge in [-0.05, 0) is 56.2 Å². The number of ether oxygens (including phenoxy) is 1. The first kappa shape index (κ1) is 23.0. The molecule has 0 aliphatic carbocycles. The van der Waals surface area contributed by atoms with Crippen LogP contribution in [0.1, 0.15) is 16.8 Å². The summed E-state index contributed by atoms with van der Waals surface area (Å²) in [6.45, 7) is 7.34. The topological polar surface area (TPSA) is 87.7 Å². The minimum atomic E-state index is -3.60. The normalized spacial score (nSPS) is 14.8. The number of hydrogen-bond donors (Lipinski definition) is 1. The van der Waals surface area contributed by atoms with Gasteiger partial charge in [0.15, 0.2) is 0 Å². The summed E-state index contributed by atoms with van der Waals surface area (Å²) >= 11 is 0. The maximum atomic E-state index is 13.3. The number of methoxy groups -OCH3 is 1. The van der Waals surface area contributed by atoms with E-state index >= 15 is 0 Å². The zero-order chi connectivity index (χ0) is 23.6. The number of aryl methyl sites for hydroxylation is 3. The summed E-state index contributed by atoms with van der Waals surface area (Å²) in [4.78, 5) is 11.6. The molecule has 3 aromatic rings. The average molecular weight is 468 g/mol. The van der Waals surface area contributed by atoms with Gasteiger partial charge in [0.2, 0.25) is 16.0 Å². The highest BCUT2D eigenvalue weighted by Crippen LogP contribution is 2.29. The zero-order valence-electron chi connectivity index (χ0n) is 19.4. The highest BCUT2D eigenvalue weighted by Gasteiger charge is 2.31. The molecule has 1 aliphatic rings. The number of hydrogen-bond acceptors (Lipinski definition) is 7. The molecule has 4 rings (SSSR count). The van der Waals surface area contributed by atoms with Crippen molar-refractivity contribution in [3.63, 3.8) is 0 Å². The Morgan fingerprint density at radius 2 is 1.61 bits per heavy atom. The second-order valence-corrected chi connectivity index (χ2v) is 10.1. The van der Waals surface area contributed by atoms with E-state index in [1.165, 1.54) is 4.31 Å². The van der Waals surface area contributed by atoms with Crippen LogP contribution in [0.2, 0.25) is 0 Å². The minimum absolute atomic E-state index is 0.329. The Morgan fingerprint density at radius 1 is 0.909 bits per heavy atom. The molecule has 0 atom stereocenters. The quantitative estimate of drug-likeness (QED) is 0.592. The number of benzene rings is 2. The van der Waals surface area contributed by atoms with Gasteiger partial charge in [0.25, 0.3) is 0 Å². The van der Waals surface area contributed by atoms with E-state index in [4.69, 9.17) is 4.74 Å². The second kappa shape index (κ2) is 9.36. The van der Waals surface area contributed by atoms with Gasteiger partial charge in [-0.2, -0.15) is 9.29 Å². The Morgan fingerprint density at radius 3 is 2.27 bits per heavy atom. The molecule has 33 heavy (non-hydrogen) atoms. The third kappa shape index (κ3) is 4.94. The van der Waals surface area contributed by atoms with Crippen molar-refractivity contribution in [2.75, 3.05) is 43.5 Å². The van der Waals surface area contributed by atoms with Crippen molar-refractivity contribution in [3.8, 4) is 5.75 Å². The summed E-state index contributed by atoms with van der Waals surface area (Å²) < 4.78 is 33.5. The van der Waals surface area contributed by atoms with Gasteiger partial charge in [-0.25, -0.2) is 13.4 Å². The van der Waals surface area contributed by atoms with E-state index in [0.29, 0.717) is 54.2 Å². The average Bonchev–Trinajstić information content (AvgIpc) is 2.80. The molecular formula is C24H29N5O3S. The van der Waals surface area contributed by atoms with Crippen molar-refractivity contribution in [3.05, 3.63) is 65.4 Å². The van der Waals surface area contributed by atoms with Crippen LogP contribution in [0.25, 0.3) is 0 Å². The van der Waals surface area contributed by atoms with E-state index in [0.717, 1.165) is 16.9 Å². The van der Waals surface area contributed by atoms with Gasteiger partial charge >= 0.3 is 0 Å². The monoisotopic (exact) mass is 467 g/mol. The number of sulfonamides is 1. The van der Waals surface area contributed by atoms with E-state index in [2.05, 4.69) is 15.3 Å². The van der Waals surface area contributed by atoms with E-state index in [1.54, 1.807) is 26.2 Å². The predicted molar refractivity (Wildman–Crippen MR) is 130 cm³/mol. The fourth-order valence-electron chi connectivity index (χ4n) is 3.96. The molecule has 1 aliphatic heterocycles. The molecule has 2 aromatic carbocycles. The van der Waals surface area contributed by atoms with Crippen LogP contribution < -0.4 is 15.0 Å². The van der Waals surface area contributed by atoms with Gasteiger partial charge in [0, 0.05) is 43.6 Å². The lowest BCUT2D eigenvalue weighted by atomic mass is 10.1. The molecular weight excluding hydrogens is 438 g/mol. The fourth-order valence-corrected chi connectivity index (χ4v) is 5.67. The van der Waals surface area contributed by atoms with Gasteiger partial charge in [-0.15, -0.1) is 0 Å². The molecule has 2 heterocycles. The highest BCUT2D eigenvalue weighted by molar-refractivity contribution is 7.89. The molecule has 1 N–H and O–H groups in total. The van der Waals surface area contributed by atoms with E-state index in [1.807, 2.05) is 55.1 Å². The first-order chi connectivity index (χ1) is 15.8. The van der Waals surface area contributed by atoms with Crippen LogP contribution in [0.4, 0.5) is 17.5 Å². The molecule has 8 nitrogen and oxygen atoms in total. The Balaban J connectivity index is 1.49. The number of rotatable bonds is 6. The van der Waals surface area contributed by atoms with Gasteiger partial charge in [0.05, 0.1) is 12.0 Å². The predicted octanol–water partition coefficient (Wildman–Crippen LogP) is 3.66. The molecule has 0 bridgehead atoms. The van der Waals surface area contributed by atoms with Crippen LogP contribution in [0.3, 0.4) is 0 Å². The van der Waals surface area contributed by atoms with E-state index in [-0.39, 0.29) is 0 Å². The highest BCUT2D eigenvalue weighted by atomic mass is 32.2. The van der Waals surface area contributed by atoms with E-state index < -0.39 is 10.0 Å². The van der Waals surface area contributed by atoms with Crippen LogP contribution in [0.15, 0.2) is 53.4 Å². The molecule has 0 saturated carbocycles. The number of nitrogens with one attached hydrogen (secondary N) is 1. The van der Waals surface area contributed by atoms with Crippen LogP contribution in [0, 0.1) is 20.8 Å². The Hall–Kier alpha value is -3.17. The van der Waals surface area contributed by atoms with Crippen molar-refractivity contribution < 1.29 is 13.2 Å². The molecule has 174 valence electrons. The summed E-state index contributed by atoms with van der Waals surface area (Å²) in [7, 11) is -2.02. The fraction of sp³-hybridized carbons (Fsp3) is 0.333. The number of nitrogens with zero attached hydrogens (tertiary/aromatic N) is 4. The van der Waals surface area contributed by atoms with Crippen LogP contribution >= 0.6 is 0 Å². The van der Waals surface area contributed by atoms with Gasteiger partial charge < -0.3 is 15.0 Å². The maximum absolute atomic E-state index is 13.3. The van der Waals surface area contributed by atoms with Crippen LogP contribution in [-0.2, 0) is 10.0 Å². The first-order valence-electron chi connectivity index (χ1n) is 10.9. The summed E-state index contributed by atoms with van der Waals surface area (Å²) in [6.07, 6.45) is 0. The van der Waals surface area contributed by atoms with Crippen molar-refractivity contribution in [1.82, 2.24) is 14.3 Å². The molecule has 1 fully saturated rings. The second-order valence-electron chi connectivity index (χ2n) is 8.16. The maximum Gasteiger partial charge on any atom is 0.243 e. The van der Waals surface area contributed by atoms with Crippen molar-refractivity contribution >= 4 is 27.5 Å². The van der Waals surface area contributed by atoms with Crippen molar-refractivity contribution in [2.24, 2.45) is 0 Å². The molecule has 1 aromatic heterocycles. The lowest BCUT2D eigenvalue weighted by molar-refractivity contribution is 0.382. The summed E-state index contributed by atoms with van der Waals surface area (Å²) in [5, 5.41) is 3.31. The van der Waals surface area contributed by atoms with Crippen molar-refractivity contribution in [2.45, 2.75) is 25.7 Å². The minimum Gasteiger partial charge on any atom is -0.496 e. The Bertz CT molecular complexity index is 1240. The molecule has 0 unspecified atom stereocenters. The Labute approximate surface area is 195 Å². The Kier molecular flexibility index (Phi) is 6.53. The van der Waals surface area contributed by atoms with E-state index in [9.17, 15) is 8.42 Å². The van der Waals surface area contributed by atoms with Gasteiger partial charge in [0.1, 0.15) is 11.6 Å². The SMILES string of the molecule is COc1cc(C)c(S(=O)(=O)N2CCN(c3nc(C)cc(Nc4ccccc4)n3)CC2)cc1C. The summed E-state index contributed by atoms with van der Waals surface area (Å²) in [5.41, 5.74) is 3.27. The number of anilines is 3. The number of aromatic nitrogens is 2. The van der Waals surface area contributed by atoms with Crippen LogP contribution in [-0.4, -0.2) is 56.0 Å².